The molecule has 5 nitrogen and oxygen atoms in total. The van der Waals surface area contributed by atoms with Gasteiger partial charge in [-0.15, -0.1) is 5.06 Å². The summed E-state index contributed by atoms with van der Waals surface area (Å²) < 4.78 is 0. The molecule has 0 bridgehead atoms. The Labute approximate surface area is 188 Å². The molecular weight excluding hydrogens is 400 g/mol. The van der Waals surface area contributed by atoms with Gasteiger partial charge in [0.2, 0.25) is 5.66 Å². The molecule has 1 aliphatic carbocycles. The van der Waals surface area contributed by atoms with Crippen LogP contribution in [0.5, 0.6) is 5.75 Å². The lowest BCUT2D eigenvalue weighted by molar-refractivity contribution is -0.351. The van der Waals surface area contributed by atoms with Crippen molar-refractivity contribution < 1.29 is 14.5 Å². The Morgan fingerprint density at radius 3 is 1.97 bits per heavy atom. The lowest BCUT2D eigenvalue weighted by Crippen LogP contribution is -2.70. The second-order valence-corrected chi connectivity index (χ2v) is 8.59. The molecule has 0 N–H and O–H groups in total. The number of hydroxylamine groups is 4. The van der Waals surface area contributed by atoms with Gasteiger partial charge >= 0.3 is 0 Å². The Morgan fingerprint density at radius 2 is 1.41 bits per heavy atom. The van der Waals surface area contributed by atoms with E-state index in [1.54, 1.807) is 13.8 Å². The van der Waals surface area contributed by atoms with Crippen molar-refractivity contribution in [2.24, 2.45) is 0 Å². The fourth-order valence-corrected chi connectivity index (χ4v) is 4.57. The summed E-state index contributed by atoms with van der Waals surface area (Å²) in [4.78, 5) is 26.8. The standard InChI is InChI=1S/C27H26N2O3/c1-5-19(2)28-27(23-17-11-9-15-21(23)22-16-10-12-18-24(22)27)29(25(30)26(3,4)32-28)31-20-13-7-6-8-14-20/h5-18H,1-4H3/b19-5+. The zero-order chi connectivity index (χ0) is 22.5. The molecule has 2 aliphatic rings. The second kappa shape index (κ2) is 7.24. The molecule has 0 aromatic heterocycles. The summed E-state index contributed by atoms with van der Waals surface area (Å²) >= 11 is 0. The topological polar surface area (TPSA) is 42.0 Å². The van der Waals surface area contributed by atoms with Crippen molar-refractivity contribution in [2.45, 2.75) is 39.0 Å². The van der Waals surface area contributed by atoms with Crippen LogP contribution in [0.2, 0.25) is 0 Å². The van der Waals surface area contributed by atoms with Crippen LogP contribution in [0.3, 0.4) is 0 Å². The summed E-state index contributed by atoms with van der Waals surface area (Å²) in [6.45, 7) is 7.49. The summed E-state index contributed by atoms with van der Waals surface area (Å²) in [5, 5.41) is 3.34. The van der Waals surface area contributed by atoms with Crippen molar-refractivity contribution in [3.63, 3.8) is 0 Å². The zero-order valence-corrected chi connectivity index (χ0v) is 18.7. The fraction of sp³-hybridized carbons (Fsp3) is 0.222. The first kappa shape index (κ1) is 20.3. The number of rotatable bonds is 3. The summed E-state index contributed by atoms with van der Waals surface area (Å²) in [6, 6.07) is 25.7. The smallest absolute Gasteiger partial charge is 0.292 e. The lowest BCUT2D eigenvalue weighted by Gasteiger charge is -2.55. The van der Waals surface area contributed by atoms with E-state index in [0.29, 0.717) is 5.75 Å². The number of para-hydroxylation sites is 1. The van der Waals surface area contributed by atoms with Crippen molar-refractivity contribution >= 4 is 5.91 Å². The maximum absolute atomic E-state index is 13.9. The van der Waals surface area contributed by atoms with Crippen LogP contribution in [0, 0.1) is 0 Å². The molecule has 32 heavy (non-hydrogen) atoms. The Morgan fingerprint density at radius 1 is 0.875 bits per heavy atom. The van der Waals surface area contributed by atoms with Crippen molar-refractivity contribution in [3.05, 3.63) is 102 Å². The highest BCUT2D eigenvalue weighted by Gasteiger charge is 2.63. The molecule has 1 amide bonds. The van der Waals surface area contributed by atoms with Crippen LogP contribution in [-0.4, -0.2) is 21.6 Å². The van der Waals surface area contributed by atoms with E-state index in [1.807, 2.05) is 91.7 Å². The normalized spacial score (nSPS) is 18.5. The van der Waals surface area contributed by atoms with E-state index in [0.717, 1.165) is 28.0 Å². The third-order valence-corrected chi connectivity index (χ3v) is 6.18. The van der Waals surface area contributed by atoms with E-state index < -0.39 is 11.3 Å². The molecule has 0 unspecified atom stereocenters. The van der Waals surface area contributed by atoms with E-state index >= 15 is 0 Å². The molecule has 0 radical (unpaired) electrons. The molecule has 1 saturated heterocycles. The van der Waals surface area contributed by atoms with E-state index in [4.69, 9.17) is 9.68 Å². The van der Waals surface area contributed by atoms with Gasteiger partial charge in [0.05, 0.1) is 0 Å². The van der Waals surface area contributed by atoms with Crippen LogP contribution < -0.4 is 4.84 Å². The van der Waals surface area contributed by atoms with Crippen LogP contribution >= 0.6 is 0 Å². The maximum Gasteiger partial charge on any atom is 0.292 e. The molecule has 1 aliphatic heterocycles. The third kappa shape index (κ3) is 2.71. The van der Waals surface area contributed by atoms with Gasteiger partial charge in [0.15, 0.2) is 11.4 Å². The van der Waals surface area contributed by atoms with Crippen LogP contribution in [0.4, 0.5) is 0 Å². The molecule has 5 rings (SSSR count). The number of allylic oxidation sites excluding steroid dienone is 2. The molecule has 3 aromatic carbocycles. The Bertz CT molecular complexity index is 1170. The first-order valence-corrected chi connectivity index (χ1v) is 10.8. The molecule has 3 aromatic rings. The van der Waals surface area contributed by atoms with Crippen molar-refractivity contribution in [2.75, 3.05) is 0 Å². The molecule has 162 valence electrons. The van der Waals surface area contributed by atoms with Gasteiger partial charge in [0.25, 0.3) is 5.91 Å². The van der Waals surface area contributed by atoms with Crippen LogP contribution in [-0.2, 0) is 15.3 Å². The average Bonchev–Trinajstić information content (AvgIpc) is 3.11. The first-order valence-electron chi connectivity index (χ1n) is 10.8. The maximum atomic E-state index is 13.9. The number of nitrogens with zero attached hydrogens (tertiary/aromatic N) is 2. The minimum Gasteiger partial charge on any atom is -0.374 e. The fourth-order valence-electron chi connectivity index (χ4n) is 4.57. The first-order chi connectivity index (χ1) is 15.4. The van der Waals surface area contributed by atoms with E-state index in [1.165, 1.54) is 5.06 Å². The third-order valence-electron chi connectivity index (χ3n) is 6.18. The van der Waals surface area contributed by atoms with Crippen LogP contribution in [0.1, 0.15) is 38.8 Å². The largest absolute Gasteiger partial charge is 0.374 e. The molecule has 1 heterocycles. The van der Waals surface area contributed by atoms with E-state index in [2.05, 4.69) is 12.1 Å². The van der Waals surface area contributed by atoms with Gasteiger partial charge in [-0.2, -0.15) is 0 Å². The summed E-state index contributed by atoms with van der Waals surface area (Å²) in [5.74, 6) is 0.325. The van der Waals surface area contributed by atoms with Gasteiger partial charge in [-0.3, -0.25) is 9.63 Å². The Hall–Kier alpha value is -3.57. The minimum atomic E-state index is -1.13. The Kier molecular flexibility index (Phi) is 4.60. The number of carbonyl (C=O) groups excluding carboxylic acids is 1. The number of hydrogen-bond donors (Lipinski definition) is 0. The quantitative estimate of drug-likeness (QED) is 0.544. The Balaban J connectivity index is 1.85. The summed E-state index contributed by atoms with van der Waals surface area (Å²) in [7, 11) is 0. The monoisotopic (exact) mass is 426 g/mol. The number of fused-ring (bicyclic) bond motifs is 5. The highest BCUT2D eigenvalue weighted by molar-refractivity contribution is 5.89. The number of hydrogen-bond acceptors (Lipinski definition) is 4. The SMILES string of the molecule is C/C=C(\C)N1OC(C)(C)C(=O)N(Oc2ccccc2)C12c1ccccc1-c1ccccc12. The van der Waals surface area contributed by atoms with Crippen LogP contribution in [0.15, 0.2) is 90.6 Å². The zero-order valence-electron chi connectivity index (χ0n) is 18.7. The lowest BCUT2D eigenvalue weighted by atomic mass is 9.92. The predicted octanol–water partition coefficient (Wildman–Crippen LogP) is 5.64. The van der Waals surface area contributed by atoms with Crippen molar-refractivity contribution in [3.8, 4) is 16.9 Å². The average molecular weight is 427 g/mol. The van der Waals surface area contributed by atoms with Crippen LogP contribution in [0.25, 0.3) is 11.1 Å². The van der Waals surface area contributed by atoms with Crippen molar-refractivity contribution in [1.82, 2.24) is 10.1 Å². The molecule has 0 saturated carbocycles. The van der Waals surface area contributed by atoms with Gasteiger partial charge in [0, 0.05) is 16.8 Å². The molecular formula is C27H26N2O3. The number of amides is 1. The predicted molar refractivity (Wildman–Crippen MR) is 123 cm³/mol. The van der Waals surface area contributed by atoms with Gasteiger partial charge in [-0.25, -0.2) is 5.06 Å². The van der Waals surface area contributed by atoms with E-state index in [9.17, 15) is 4.79 Å². The minimum absolute atomic E-state index is 0.256. The van der Waals surface area contributed by atoms with E-state index in [-0.39, 0.29) is 5.91 Å². The molecule has 1 spiro atoms. The highest BCUT2D eigenvalue weighted by Crippen LogP contribution is 2.56. The van der Waals surface area contributed by atoms with Gasteiger partial charge in [-0.05, 0) is 51.0 Å². The molecule has 1 fully saturated rings. The second-order valence-electron chi connectivity index (χ2n) is 8.59. The summed E-state index contributed by atoms with van der Waals surface area (Å²) in [5.41, 5.74) is 2.59. The number of carbonyl (C=O) groups is 1. The number of benzene rings is 3. The van der Waals surface area contributed by atoms with Gasteiger partial charge in [-0.1, -0.05) is 72.8 Å². The van der Waals surface area contributed by atoms with Gasteiger partial charge in [0.1, 0.15) is 0 Å². The highest BCUT2D eigenvalue weighted by atomic mass is 16.8. The van der Waals surface area contributed by atoms with Gasteiger partial charge < -0.3 is 4.84 Å². The van der Waals surface area contributed by atoms with Crippen molar-refractivity contribution in [1.29, 1.82) is 0 Å². The summed E-state index contributed by atoms with van der Waals surface area (Å²) in [6.07, 6.45) is 1.98. The molecule has 0 atom stereocenters. The molecule has 5 heteroatoms.